The van der Waals surface area contributed by atoms with Crippen molar-refractivity contribution in [3.63, 3.8) is 0 Å². The molecule has 0 saturated carbocycles. The average Bonchev–Trinajstić information content (AvgIpc) is 2.28. The summed E-state index contributed by atoms with van der Waals surface area (Å²) in [4.78, 5) is 0. The van der Waals surface area contributed by atoms with Crippen molar-refractivity contribution >= 4 is 21.4 Å². The molecule has 1 aliphatic heterocycles. The molecule has 1 saturated heterocycles. The van der Waals surface area contributed by atoms with Crippen molar-refractivity contribution in [2.24, 2.45) is 0 Å². The fraction of sp³-hybridized carbons (Fsp3) is 0.455. The largest absolute Gasteiger partial charge is 0.399 e. The monoisotopic (exact) mass is 274 g/mol. The smallest absolute Gasteiger partial charge is 0.235 e. The van der Waals surface area contributed by atoms with E-state index in [2.05, 4.69) is 4.72 Å². The minimum absolute atomic E-state index is 0.152. The maximum atomic E-state index is 13.1. The lowest BCUT2D eigenvalue weighted by molar-refractivity contribution is 0.0984. The molecule has 1 aromatic carbocycles. The Morgan fingerprint density at radius 3 is 2.56 bits per heavy atom. The van der Waals surface area contributed by atoms with Crippen LogP contribution < -0.4 is 10.5 Å². The van der Waals surface area contributed by atoms with Gasteiger partial charge in [-0.3, -0.25) is 4.72 Å². The Kier molecular flexibility index (Phi) is 3.72. The molecule has 0 aromatic heterocycles. The van der Waals surface area contributed by atoms with E-state index in [-0.39, 0.29) is 11.4 Å². The summed E-state index contributed by atoms with van der Waals surface area (Å²) in [6.45, 7) is 0.855. The van der Waals surface area contributed by atoms with Crippen LogP contribution in [0.2, 0.25) is 0 Å². The first-order valence-electron chi connectivity index (χ1n) is 5.63. The first-order valence-corrected chi connectivity index (χ1v) is 7.17. The Morgan fingerprint density at radius 1 is 1.28 bits per heavy atom. The minimum atomic E-state index is -3.52. The van der Waals surface area contributed by atoms with E-state index in [1.807, 2.05) is 0 Å². The molecule has 1 heterocycles. The summed E-state index contributed by atoms with van der Waals surface area (Å²) in [6, 6.07) is 3.62. The van der Waals surface area contributed by atoms with E-state index in [0.717, 1.165) is 12.1 Å². The summed E-state index contributed by atoms with van der Waals surface area (Å²) in [7, 11) is -3.52. The molecule has 0 atom stereocenters. The van der Waals surface area contributed by atoms with Crippen LogP contribution in [-0.2, 0) is 14.8 Å². The van der Waals surface area contributed by atoms with E-state index in [9.17, 15) is 12.8 Å². The Balaban J connectivity index is 2.16. The van der Waals surface area contributed by atoms with Gasteiger partial charge in [0.25, 0.3) is 0 Å². The zero-order valence-corrected chi connectivity index (χ0v) is 10.5. The molecular formula is C11H15FN2O3S. The van der Waals surface area contributed by atoms with Crippen LogP contribution in [0.15, 0.2) is 18.2 Å². The highest BCUT2D eigenvalue weighted by atomic mass is 32.2. The lowest BCUT2D eigenvalue weighted by Crippen LogP contribution is -2.33. The van der Waals surface area contributed by atoms with Gasteiger partial charge in [0.15, 0.2) is 0 Å². The van der Waals surface area contributed by atoms with Crippen LogP contribution in [0.5, 0.6) is 0 Å². The second-order valence-electron chi connectivity index (χ2n) is 4.23. The van der Waals surface area contributed by atoms with Gasteiger partial charge in [-0.1, -0.05) is 0 Å². The highest BCUT2D eigenvalue weighted by Gasteiger charge is 2.27. The van der Waals surface area contributed by atoms with Gasteiger partial charge in [0.05, 0.1) is 10.9 Å². The number of hydrogen-bond acceptors (Lipinski definition) is 4. The molecule has 0 aliphatic carbocycles. The molecule has 7 heteroatoms. The van der Waals surface area contributed by atoms with Crippen LogP contribution in [-0.4, -0.2) is 26.9 Å². The van der Waals surface area contributed by atoms with Crippen molar-refractivity contribution in [3.05, 3.63) is 24.0 Å². The fourth-order valence-electron chi connectivity index (χ4n) is 1.91. The van der Waals surface area contributed by atoms with Gasteiger partial charge >= 0.3 is 0 Å². The third-order valence-corrected chi connectivity index (χ3v) is 4.66. The van der Waals surface area contributed by atoms with Crippen LogP contribution in [0.25, 0.3) is 0 Å². The van der Waals surface area contributed by atoms with E-state index in [1.54, 1.807) is 0 Å². The summed E-state index contributed by atoms with van der Waals surface area (Å²) in [5.74, 6) is -0.570. The van der Waals surface area contributed by atoms with Crippen molar-refractivity contribution in [2.75, 3.05) is 23.7 Å². The Labute approximate surface area is 105 Å². The Bertz CT molecular complexity index is 507. The molecule has 0 spiro atoms. The van der Waals surface area contributed by atoms with Crippen molar-refractivity contribution < 1.29 is 17.5 Å². The lowest BCUT2D eigenvalue weighted by Gasteiger charge is -2.22. The van der Waals surface area contributed by atoms with Crippen LogP contribution in [0, 0.1) is 5.82 Å². The summed E-state index contributed by atoms with van der Waals surface area (Å²) in [5, 5.41) is -0.504. The zero-order valence-electron chi connectivity index (χ0n) is 9.73. The summed E-state index contributed by atoms with van der Waals surface area (Å²) in [6.07, 6.45) is 0.889. The van der Waals surface area contributed by atoms with Gasteiger partial charge in [-0.2, -0.15) is 0 Å². The van der Waals surface area contributed by atoms with Gasteiger partial charge < -0.3 is 10.5 Å². The van der Waals surface area contributed by atoms with E-state index in [4.69, 9.17) is 10.5 Å². The number of ether oxygens (including phenoxy) is 1. The van der Waals surface area contributed by atoms with Gasteiger partial charge in [-0.05, 0) is 31.0 Å². The number of nitrogens with one attached hydrogen (secondary N) is 1. The number of hydrogen-bond donors (Lipinski definition) is 2. The topological polar surface area (TPSA) is 81.4 Å². The molecule has 1 aliphatic rings. The summed E-state index contributed by atoms with van der Waals surface area (Å²) >= 11 is 0. The SMILES string of the molecule is Nc1cc(F)cc(NS(=O)(=O)C2CCOCC2)c1. The number of anilines is 2. The molecule has 0 unspecified atom stereocenters. The molecule has 2 rings (SSSR count). The molecule has 0 bridgehead atoms. The van der Waals surface area contributed by atoms with Gasteiger partial charge in [0.2, 0.25) is 10.0 Å². The van der Waals surface area contributed by atoms with Crippen LogP contribution in [0.4, 0.5) is 15.8 Å². The number of nitrogens with two attached hydrogens (primary N) is 1. The van der Waals surface area contributed by atoms with E-state index < -0.39 is 21.1 Å². The second-order valence-corrected chi connectivity index (χ2v) is 6.19. The predicted molar refractivity (Wildman–Crippen MR) is 67.2 cm³/mol. The third kappa shape index (κ3) is 3.11. The van der Waals surface area contributed by atoms with Crippen molar-refractivity contribution in [1.29, 1.82) is 0 Å². The summed E-state index contributed by atoms with van der Waals surface area (Å²) < 4.78 is 44.7. The van der Waals surface area contributed by atoms with Crippen molar-refractivity contribution in [2.45, 2.75) is 18.1 Å². The number of benzene rings is 1. The summed E-state index contributed by atoms with van der Waals surface area (Å²) in [5.41, 5.74) is 5.79. The first-order chi connectivity index (χ1) is 8.47. The first kappa shape index (κ1) is 13.1. The molecule has 0 radical (unpaired) electrons. The fourth-order valence-corrected chi connectivity index (χ4v) is 3.33. The molecule has 5 nitrogen and oxygen atoms in total. The molecule has 100 valence electrons. The van der Waals surface area contributed by atoms with Crippen LogP contribution >= 0.6 is 0 Å². The normalized spacial score (nSPS) is 17.6. The number of halogens is 1. The average molecular weight is 274 g/mol. The zero-order chi connectivity index (χ0) is 13.2. The molecule has 3 N–H and O–H groups in total. The number of sulfonamides is 1. The maximum absolute atomic E-state index is 13.1. The van der Waals surface area contributed by atoms with Crippen LogP contribution in [0.3, 0.4) is 0 Å². The molecule has 1 fully saturated rings. The van der Waals surface area contributed by atoms with Crippen molar-refractivity contribution in [1.82, 2.24) is 0 Å². The van der Waals surface area contributed by atoms with Gasteiger partial charge in [-0.15, -0.1) is 0 Å². The standard InChI is InChI=1S/C11H15FN2O3S/c12-8-5-9(13)7-10(6-8)14-18(15,16)11-1-3-17-4-2-11/h5-7,11,14H,1-4,13H2. The van der Waals surface area contributed by atoms with Gasteiger partial charge in [-0.25, -0.2) is 12.8 Å². The number of nitrogen functional groups attached to an aromatic ring is 1. The highest BCUT2D eigenvalue weighted by molar-refractivity contribution is 7.93. The molecular weight excluding hydrogens is 259 g/mol. The Morgan fingerprint density at radius 2 is 1.94 bits per heavy atom. The van der Waals surface area contributed by atoms with E-state index in [0.29, 0.717) is 26.1 Å². The quantitative estimate of drug-likeness (QED) is 0.815. The molecule has 0 amide bonds. The minimum Gasteiger partial charge on any atom is -0.399 e. The lowest BCUT2D eigenvalue weighted by atomic mass is 10.2. The predicted octanol–water partition coefficient (Wildman–Crippen LogP) is 1.33. The van der Waals surface area contributed by atoms with Gasteiger partial charge in [0.1, 0.15) is 5.82 Å². The maximum Gasteiger partial charge on any atom is 0.235 e. The molecule has 18 heavy (non-hydrogen) atoms. The number of rotatable bonds is 3. The highest BCUT2D eigenvalue weighted by Crippen LogP contribution is 2.21. The van der Waals surface area contributed by atoms with E-state index in [1.165, 1.54) is 6.07 Å². The van der Waals surface area contributed by atoms with Crippen molar-refractivity contribution in [3.8, 4) is 0 Å². The molecule has 1 aromatic rings. The third-order valence-electron chi connectivity index (χ3n) is 2.79. The Hall–Kier alpha value is -1.34. The van der Waals surface area contributed by atoms with E-state index >= 15 is 0 Å². The van der Waals surface area contributed by atoms with Crippen LogP contribution in [0.1, 0.15) is 12.8 Å². The van der Waals surface area contributed by atoms with Gasteiger partial charge in [0, 0.05) is 18.9 Å². The second kappa shape index (κ2) is 5.11.